The number of rotatable bonds is 3. The van der Waals surface area contributed by atoms with Gasteiger partial charge in [-0.2, -0.15) is 0 Å². The number of carbonyl (C=O) groups excluding carboxylic acids is 1. The third kappa shape index (κ3) is 3.26. The lowest BCUT2D eigenvalue weighted by Crippen LogP contribution is -2.40. The summed E-state index contributed by atoms with van der Waals surface area (Å²) in [6.07, 6.45) is 1.41. The van der Waals surface area contributed by atoms with Crippen molar-refractivity contribution in [1.29, 1.82) is 0 Å². The fraction of sp³-hybridized carbons (Fsp3) is 0.667. The maximum absolute atomic E-state index is 13.1. The Balaban J connectivity index is 1.61. The Kier molecular flexibility index (Phi) is 3.78. The summed E-state index contributed by atoms with van der Waals surface area (Å²) in [7, 11) is 0. The molecular formula is C15H20F2N2OS. The zero-order valence-electron chi connectivity index (χ0n) is 12.0. The van der Waals surface area contributed by atoms with Crippen LogP contribution in [0, 0.1) is 6.92 Å². The molecule has 2 saturated carbocycles. The van der Waals surface area contributed by atoms with Crippen LogP contribution in [0.3, 0.4) is 0 Å². The Labute approximate surface area is 126 Å². The van der Waals surface area contributed by atoms with Crippen LogP contribution in [0.25, 0.3) is 0 Å². The number of alkyl halides is 2. The van der Waals surface area contributed by atoms with Gasteiger partial charge < -0.3 is 11.1 Å². The van der Waals surface area contributed by atoms with Crippen molar-refractivity contribution in [2.24, 2.45) is 5.73 Å². The maximum Gasteiger partial charge on any atom is 0.261 e. The Hall–Kier alpha value is -1.01. The second-order valence-electron chi connectivity index (χ2n) is 6.23. The lowest BCUT2D eigenvalue weighted by molar-refractivity contribution is -0.0399. The minimum Gasteiger partial charge on any atom is -0.349 e. The van der Waals surface area contributed by atoms with Gasteiger partial charge in [0, 0.05) is 35.7 Å². The highest BCUT2D eigenvalue weighted by Crippen LogP contribution is 2.43. The molecule has 0 unspecified atom stereocenters. The van der Waals surface area contributed by atoms with Gasteiger partial charge in [0.25, 0.3) is 5.91 Å². The molecule has 0 aliphatic heterocycles. The summed E-state index contributed by atoms with van der Waals surface area (Å²) < 4.78 is 26.2. The van der Waals surface area contributed by atoms with Crippen LogP contribution in [0.4, 0.5) is 8.78 Å². The fourth-order valence-corrected chi connectivity index (χ4v) is 3.98. The summed E-state index contributed by atoms with van der Waals surface area (Å²) in [5, 5.41) is 2.89. The van der Waals surface area contributed by atoms with E-state index in [0.29, 0.717) is 23.6 Å². The van der Waals surface area contributed by atoms with Gasteiger partial charge in [-0.3, -0.25) is 4.79 Å². The smallest absolute Gasteiger partial charge is 0.261 e. The van der Waals surface area contributed by atoms with Crippen LogP contribution < -0.4 is 11.1 Å². The monoisotopic (exact) mass is 314 g/mol. The van der Waals surface area contributed by atoms with E-state index in [2.05, 4.69) is 5.32 Å². The fourth-order valence-electron chi connectivity index (χ4n) is 2.99. The van der Waals surface area contributed by atoms with Gasteiger partial charge in [-0.15, -0.1) is 11.3 Å². The van der Waals surface area contributed by atoms with Crippen molar-refractivity contribution in [2.75, 3.05) is 0 Å². The molecule has 116 valence electrons. The average Bonchev–Trinajstić information content (AvgIpc) is 3.00. The van der Waals surface area contributed by atoms with Crippen molar-refractivity contribution in [2.45, 2.75) is 63.0 Å². The second-order valence-corrected chi connectivity index (χ2v) is 7.49. The summed E-state index contributed by atoms with van der Waals surface area (Å²) in [4.78, 5) is 14.0. The largest absolute Gasteiger partial charge is 0.349 e. The molecule has 0 saturated heterocycles. The van der Waals surface area contributed by atoms with E-state index < -0.39 is 5.92 Å². The summed E-state index contributed by atoms with van der Waals surface area (Å²) in [6.45, 7) is 2.00. The van der Waals surface area contributed by atoms with Gasteiger partial charge >= 0.3 is 0 Å². The van der Waals surface area contributed by atoms with Crippen LogP contribution in [0.2, 0.25) is 0 Å². The first-order chi connectivity index (χ1) is 9.85. The van der Waals surface area contributed by atoms with Crippen molar-refractivity contribution >= 4 is 17.2 Å². The van der Waals surface area contributed by atoms with Crippen LogP contribution in [-0.2, 0) is 0 Å². The lowest BCUT2D eigenvalue weighted by atomic mass is 9.92. The van der Waals surface area contributed by atoms with Crippen molar-refractivity contribution in [3.63, 3.8) is 0 Å². The van der Waals surface area contributed by atoms with E-state index in [9.17, 15) is 13.6 Å². The number of thiophene rings is 1. The normalized spacial score (nSPS) is 28.4. The number of carbonyl (C=O) groups is 1. The third-order valence-corrected chi connectivity index (χ3v) is 5.54. The Bertz CT molecular complexity index is 548. The lowest BCUT2D eigenvalue weighted by Gasteiger charge is -2.28. The molecule has 6 heteroatoms. The van der Waals surface area contributed by atoms with E-state index in [-0.39, 0.29) is 30.8 Å². The molecule has 2 atom stereocenters. The quantitative estimate of drug-likeness (QED) is 0.900. The molecular weight excluding hydrogens is 294 g/mol. The van der Waals surface area contributed by atoms with Gasteiger partial charge in [0.2, 0.25) is 5.92 Å². The number of hydrogen-bond acceptors (Lipinski definition) is 3. The molecule has 2 aliphatic carbocycles. The number of nitrogens with one attached hydrogen (secondary N) is 1. The molecule has 0 spiro atoms. The van der Waals surface area contributed by atoms with Crippen molar-refractivity contribution in [1.82, 2.24) is 5.32 Å². The Morgan fingerprint density at radius 2 is 2.05 bits per heavy atom. The first-order valence-electron chi connectivity index (χ1n) is 7.40. The summed E-state index contributed by atoms with van der Waals surface area (Å²) in [5.41, 5.74) is 7.03. The van der Waals surface area contributed by atoms with Gasteiger partial charge in [0.05, 0.1) is 4.88 Å². The summed E-state index contributed by atoms with van der Waals surface area (Å²) in [6, 6.07) is 2.01. The summed E-state index contributed by atoms with van der Waals surface area (Å²) >= 11 is 1.47. The van der Waals surface area contributed by atoms with Crippen LogP contribution in [-0.4, -0.2) is 23.9 Å². The molecule has 1 amide bonds. The minimum absolute atomic E-state index is 0.133. The maximum atomic E-state index is 13.1. The van der Waals surface area contributed by atoms with E-state index in [1.54, 1.807) is 0 Å². The molecule has 0 radical (unpaired) electrons. The SMILES string of the molecule is Cc1sc(C(=O)NC2CCC(F)(F)CC2)cc1[C@@H]1C[C@H]1N. The van der Waals surface area contributed by atoms with Gasteiger partial charge in [-0.25, -0.2) is 8.78 Å². The van der Waals surface area contributed by atoms with Gasteiger partial charge in [-0.1, -0.05) is 0 Å². The van der Waals surface area contributed by atoms with E-state index in [1.165, 1.54) is 16.9 Å². The Morgan fingerprint density at radius 1 is 1.43 bits per heavy atom. The van der Waals surface area contributed by atoms with Crippen LogP contribution in [0.1, 0.15) is 58.1 Å². The van der Waals surface area contributed by atoms with Crippen molar-refractivity contribution < 1.29 is 13.6 Å². The molecule has 1 aromatic rings. The molecule has 2 fully saturated rings. The summed E-state index contributed by atoms with van der Waals surface area (Å²) in [5.74, 6) is -2.31. The molecule has 3 N–H and O–H groups in total. The molecule has 21 heavy (non-hydrogen) atoms. The molecule has 3 nitrogen and oxygen atoms in total. The van der Waals surface area contributed by atoms with Gasteiger partial charge in [0.1, 0.15) is 0 Å². The van der Waals surface area contributed by atoms with Gasteiger partial charge in [0.15, 0.2) is 0 Å². The molecule has 0 aromatic carbocycles. The van der Waals surface area contributed by atoms with Gasteiger partial charge in [-0.05, 0) is 37.8 Å². The number of aryl methyl sites for hydroxylation is 1. The molecule has 1 aromatic heterocycles. The van der Waals surface area contributed by atoms with E-state index in [4.69, 9.17) is 5.73 Å². The molecule has 0 bridgehead atoms. The highest BCUT2D eigenvalue weighted by molar-refractivity contribution is 7.14. The first-order valence-corrected chi connectivity index (χ1v) is 8.22. The minimum atomic E-state index is -2.56. The first kappa shape index (κ1) is 14.9. The second kappa shape index (κ2) is 5.32. The predicted octanol–water partition coefficient (Wildman–Crippen LogP) is 3.18. The highest BCUT2D eigenvalue weighted by atomic mass is 32.1. The van der Waals surface area contributed by atoms with Crippen molar-refractivity contribution in [3.8, 4) is 0 Å². The van der Waals surface area contributed by atoms with Crippen LogP contribution in [0.5, 0.6) is 0 Å². The number of hydrogen-bond donors (Lipinski definition) is 2. The van der Waals surface area contributed by atoms with E-state index in [1.807, 2.05) is 13.0 Å². The topological polar surface area (TPSA) is 55.1 Å². The van der Waals surface area contributed by atoms with Crippen molar-refractivity contribution in [3.05, 3.63) is 21.4 Å². The van der Waals surface area contributed by atoms with E-state index >= 15 is 0 Å². The standard InChI is InChI=1S/C15H20F2N2OS/c1-8-10(11-6-12(11)18)7-13(21-8)14(20)19-9-2-4-15(16,17)5-3-9/h7,9,11-12H,2-6,18H2,1H3,(H,19,20)/t11-,12+/m0/s1. The average molecular weight is 314 g/mol. The van der Waals surface area contributed by atoms with Crippen LogP contribution in [0.15, 0.2) is 6.07 Å². The highest BCUT2D eigenvalue weighted by Gasteiger charge is 2.38. The Morgan fingerprint density at radius 3 is 2.62 bits per heavy atom. The number of nitrogens with two attached hydrogens (primary N) is 1. The third-order valence-electron chi connectivity index (χ3n) is 4.47. The van der Waals surface area contributed by atoms with Crippen LogP contribution >= 0.6 is 11.3 Å². The molecule has 2 aliphatic rings. The molecule has 1 heterocycles. The zero-order valence-corrected chi connectivity index (χ0v) is 12.8. The zero-order chi connectivity index (χ0) is 15.2. The number of amides is 1. The molecule has 3 rings (SSSR count). The predicted molar refractivity (Wildman–Crippen MR) is 79.1 cm³/mol. The number of halogens is 2. The van der Waals surface area contributed by atoms with E-state index in [0.717, 1.165) is 11.3 Å².